The van der Waals surface area contributed by atoms with Crippen LogP contribution < -0.4 is 10.1 Å². The number of fused-ring (bicyclic) bond motifs is 1. The number of nitrogens with one attached hydrogen (secondary N) is 1. The highest BCUT2D eigenvalue weighted by Crippen LogP contribution is 2.37. The zero-order valence-corrected chi connectivity index (χ0v) is 16.5. The van der Waals surface area contributed by atoms with E-state index in [2.05, 4.69) is 33.6 Å². The highest BCUT2D eigenvalue weighted by molar-refractivity contribution is 5.76. The van der Waals surface area contributed by atoms with E-state index in [9.17, 15) is 4.79 Å². The van der Waals surface area contributed by atoms with Crippen LogP contribution in [0.5, 0.6) is 5.75 Å². The third kappa shape index (κ3) is 4.19. The normalized spacial score (nSPS) is 24.2. The Kier molecular flexibility index (Phi) is 5.62. The van der Waals surface area contributed by atoms with Gasteiger partial charge in [-0.15, -0.1) is 0 Å². The summed E-state index contributed by atoms with van der Waals surface area (Å²) < 4.78 is 8.27. The van der Waals surface area contributed by atoms with Crippen LogP contribution in [0.3, 0.4) is 0 Å². The third-order valence-corrected chi connectivity index (χ3v) is 6.11. The van der Waals surface area contributed by atoms with E-state index in [1.165, 1.54) is 11.9 Å². The Bertz CT molecular complexity index is 784. The number of aromatic nitrogens is 3. The van der Waals surface area contributed by atoms with Gasteiger partial charge in [0.1, 0.15) is 24.0 Å². The van der Waals surface area contributed by atoms with E-state index in [-0.39, 0.29) is 11.5 Å². The molecule has 1 aromatic heterocycles. The smallest absolute Gasteiger partial charge is 0.222 e. The Morgan fingerprint density at radius 3 is 2.96 bits per heavy atom. The minimum absolute atomic E-state index is 0.153. The number of carbonyl (C=O) groups is 1. The SMILES string of the molecule is CN(C(=O)CCCn1cncn1)C1CCC2(CC1)CNCc1ccccc1O2. The van der Waals surface area contributed by atoms with Crippen molar-refractivity contribution in [2.24, 2.45) is 0 Å². The molecule has 1 spiro atoms. The molecule has 0 radical (unpaired) electrons. The Morgan fingerprint density at radius 1 is 1.36 bits per heavy atom. The molecule has 1 aliphatic heterocycles. The van der Waals surface area contributed by atoms with Gasteiger partial charge in [-0.2, -0.15) is 5.10 Å². The molecular formula is C21H29N5O2. The van der Waals surface area contributed by atoms with Crippen molar-refractivity contribution in [2.75, 3.05) is 13.6 Å². The second-order valence-electron chi connectivity index (χ2n) is 7.99. The first-order valence-corrected chi connectivity index (χ1v) is 10.2. The first-order valence-electron chi connectivity index (χ1n) is 10.2. The zero-order chi connectivity index (χ0) is 19.4. The lowest BCUT2D eigenvalue weighted by molar-refractivity contribution is -0.133. The summed E-state index contributed by atoms with van der Waals surface area (Å²) in [5.74, 6) is 1.22. The van der Waals surface area contributed by atoms with Gasteiger partial charge in [-0.25, -0.2) is 4.98 Å². The van der Waals surface area contributed by atoms with E-state index in [0.29, 0.717) is 12.5 Å². The van der Waals surface area contributed by atoms with Crippen LogP contribution >= 0.6 is 0 Å². The van der Waals surface area contributed by atoms with Crippen LogP contribution in [0.25, 0.3) is 0 Å². The molecule has 0 unspecified atom stereocenters. The van der Waals surface area contributed by atoms with Gasteiger partial charge in [-0.1, -0.05) is 18.2 Å². The number of hydrogen-bond acceptors (Lipinski definition) is 5. The van der Waals surface area contributed by atoms with Gasteiger partial charge in [0.05, 0.1) is 0 Å². The van der Waals surface area contributed by atoms with E-state index in [0.717, 1.165) is 57.5 Å². The number of hydrogen-bond donors (Lipinski definition) is 1. The molecule has 0 saturated heterocycles. The summed E-state index contributed by atoms with van der Waals surface area (Å²) in [5, 5.41) is 7.63. The topological polar surface area (TPSA) is 72.3 Å². The maximum atomic E-state index is 12.6. The second kappa shape index (κ2) is 8.31. The standard InChI is InChI=1S/C21H29N5O2/c1-25(20(27)7-4-12-26-16-23-15-24-26)18-8-10-21(11-9-18)14-22-13-17-5-2-3-6-19(17)28-21/h2-3,5-6,15-16,18,22H,4,7-14H2,1H3. The number of rotatable bonds is 5. The van der Waals surface area contributed by atoms with Crippen molar-refractivity contribution in [3.05, 3.63) is 42.5 Å². The fourth-order valence-corrected chi connectivity index (χ4v) is 4.36. The summed E-state index contributed by atoms with van der Waals surface area (Å²) in [7, 11) is 1.95. The molecule has 150 valence electrons. The van der Waals surface area contributed by atoms with Crippen molar-refractivity contribution >= 4 is 5.91 Å². The number of nitrogens with zero attached hydrogens (tertiary/aromatic N) is 4. The van der Waals surface area contributed by atoms with Crippen LogP contribution in [0.1, 0.15) is 44.1 Å². The molecular weight excluding hydrogens is 354 g/mol. The fraction of sp³-hybridized carbons (Fsp3) is 0.571. The number of amides is 1. The summed E-state index contributed by atoms with van der Waals surface area (Å²) in [6.07, 6.45) is 8.44. The van der Waals surface area contributed by atoms with Gasteiger partial charge in [0.25, 0.3) is 0 Å². The van der Waals surface area contributed by atoms with E-state index in [1.54, 1.807) is 11.0 Å². The van der Waals surface area contributed by atoms with Gasteiger partial charge in [-0.3, -0.25) is 9.48 Å². The minimum Gasteiger partial charge on any atom is -0.486 e. The van der Waals surface area contributed by atoms with Crippen molar-refractivity contribution < 1.29 is 9.53 Å². The summed E-state index contributed by atoms with van der Waals surface area (Å²) >= 11 is 0. The van der Waals surface area contributed by atoms with Gasteiger partial charge in [0, 0.05) is 44.7 Å². The van der Waals surface area contributed by atoms with Crippen molar-refractivity contribution in [1.29, 1.82) is 0 Å². The van der Waals surface area contributed by atoms with E-state index in [1.807, 2.05) is 18.0 Å². The number of aryl methyl sites for hydroxylation is 1. The number of benzene rings is 1. The minimum atomic E-state index is -0.153. The maximum Gasteiger partial charge on any atom is 0.222 e. The Balaban J connectivity index is 1.29. The van der Waals surface area contributed by atoms with Crippen LogP contribution in [0.4, 0.5) is 0 Å². The molecule has 1 aliphatic carbocycles. The lowest BCUT2D eigenvalue weighted by Crippen LogP contribution is -2.51. The van der Waals surface area contributed by atoms with Gasteiger partial charge in [0.2, 0.25) is 5.91 Å². The van der Waals surface area contributed by atoms with Gasteiger partial charge < -0.3 is 15.0 Å². The average molecular weight is 383 g/mol. The van der Waals surface area contributed by atoms with Gasteiger partial charge in [-0.05, 0) is 38.2 Å². The maximum absolute atomic E-state index is 12.6. The molecule has 1 fully saturated rings. The average Bonchev–Trinajstić information content (AvgIpc) is 3.16. The summed E-state index contributed by atoms with van der Waals surface area (Å²) in [5.41, 5.74) is 1.07. The summed E-state index contributed by atoms with van der Waals surface area (Å²) in [6.45, 7) is 2.45. The summed E-state index contributed by atoms with van der Waals surface area (Å²) in [4.78, 5) is 18.5. The molecule has 7 nitrogen and oxygen atoms in total. The van der Waals surface area contributed by atoms with Crippen LogP contribution in [0.2, 0.25) is 0 Å². The van der Waals surface area contributed by atoms with E-state index >= 15 is 0 Å². The van der Waals surface area contributed by atoms with Crippen LogP contribution in [-0.4, -0.2) is 50.8 Å². The van der Waals surface area contributed by atoms with Crippen LogP contribution in [0.15, 0.2) is 36.9 Å². The second-order valence-corrected chi connectivity index (χ2v) is 7.99. The van der Waals surface area contributed by atoms with Crippen molar-refractivity contribution in [3.63, 3.8) is 0 Å². The van der Waals surface area contributed by atoms with Crippen molar-refractivity contribution in [3.8, 4) is 5.75 Å². The lowest BCUT2D eigenvalue weighted by Gasteiger charge is -2.42. The quantitative estimate of drug-likeness (QED) is 0.858. The number of ether oxygens (including phenoxy) is 1. The number of para-hydroxylation sites is 1. The third-order valence-electron chi connectivity index (χ3n) is 6.11. The predicted octanol–water partition coefficient (Wildman–Crippen LogP) is 2.38. The van der Waals surface area contributed by atoms with Crippen LogP contribution in [-0.2, 0) is 17.9 Å². The first-order chi connectivity index (χ1) is 13.7. The lowest BCUT2D eigenvalue weighted by atomic mass is 9.81. The van der Waals surface area contributed by atoms with Gasteiger partial charge in [0.15, 0.2) is 0 Å². The molecule has 1 N–H and O–H groups in total. The first kappa shape index (κ1) is 18.9. The largest absolute Gasteiger partial charge is 0.486 e. The monoisotopic (exact) mass is 383 g/mol. The van der Waals surface area contributed by atoms with E-state index in [4.69, 9.17) is 4.74 Å². The Labute approximate surface area is 166 Å². The molecule has 2 aliphatic rings. The van der Waals surface area contributed by atoms with Crippen molar-refractivity contribution in [1.82, 2.24) is 25.0 Å². The molecule has 28 heavy (non-hydrogen) atoms. The fourth-order valence-electron chi connectivity index (χ4n) is 4.36. The van der Waals surface area contributed by atoms with Crippen molar-refractivity contribution in [2.45, 2.75) is 63.3 Å². The van der Waals surface area contributed by atoms with E-state index < -0.39 is 0 Å². The molecule has 1 aromatic carbocycles. The molecule has 7 heteroatoms. The zero-order valence-electron chi connectivity index (χ0n) is 16.5. The van der Waals surface area contributed by atoms with Gasteiger partial charge >= 0.3 is 0 Å². The Morgan fingerprint density at radius 2 is 2.18 bits per heavy atom. The molecule has 1 amide bonds. The molecule has 4 rings (SSSR count). The predicted molar refractivity (Wildman–Crippen MR) is 106 cm³/mol. The molecule has 2 aromatic rings. The summed E-state index contributed by atoms with van der Waals surface area (Å²) in [6, 6.07) is 8.59. The molecule has 2 heterocycles. The highest BCUT2D eigenvalue weighted by Gasteiger charge is 2.40. The molecule has 0 bridgehead atoms. The number of carbonyl (C=O) groups excluding carboxylic acids is 1. The molecule has 0 atom stereocenters. The molecule has 1 saturated carbocycles. The Hall–Kier alpha value is -2.41. The van der Waals surface area contributed by atoms with Crippen LogP contribution in [0, 0.1) is 0 Å². The highest BCUT2D eigenvalue weighted by atomic mass is 16.5.